The van der Waals surface area contributed by atoms with Crippen LogP contribution >= 0.6 is 0 Å². The van der Waals surface area contributed by atoms with Crippen LogP contribution in [0.25, 0.3) is 11.5 Å². The van der Waals surface area contributed by atoms with Crippen LogP contribution in [-0.2, 0) is 15.9 Å². The molecule has 1 saturated heterocycles. The molecule has 1 aromatic heterocycles. The Morgan fingerprint density at radius 3 is 2.55 bits per heavy atom. The first kappa shape index (κ1) is 13.1. The molecule has 0 atom stereocenters. The van der Waals surface area contributed by atoms with Gasteiger partial charge in [0.15, 0.2) is 6.29 Å². The van der Waals surface area contributed by atoms with Gasteiger partial charge in [-0.2, -0.15) is 0 Å². The van der Waals surface area contributed by atoms with Crippen molar-refractivity contribution in [2.45, 2.75) is 19.6 Å². The van der Waals surface area contributed by atoms with Crippen LogP contribution in [0, 0.1) is 0 Å². The van der Waals surface area contributed by atoms with E-state index in [1.54, 1.807) is 0 Å². The lowest BCUT2D eigenvalue weighted by molar-refractivity contribution is -0.0684. The standard InChI is InChI=1S/C14H16N2O4/c1-2-12-15-16-14(20-12)10-3-5-11(6-4-10)19-9-13-17-7-8-18-13/h3-6,13H,2,7-9H2,1H3. The lowest BCUT2D eigenvalue weighted by Crippen LogP contribution is -2.18. The zero-order chi connectivity index (χ0) is 13.8. The number of rotatable bonds is 5. The summed E-state index contributed by atoms with van der Waals surface area (Å²) in [5, 5.41) is 7.94. The molecule has 0 unspecified atom stereocenters. The van der Waals surface area contributed by atoms with E-state index in [9.17, 15) is 0 Å². The summed E-state index contributed by atoms with van der Waals surface area (Å²) in [6.45, 7) is 3.62. The van der Waals surface area contributed by atoms with Crippen LogP contribution in [0.2, 0.25) is 0 Å². The third kappa shape index (κ3) is 2.97. The smallest absolute Gasteiger partial charge is 0.247 e. The molecule has 1 aromatic carbocycles. The lowest BCUT2D eigenvalue weighted by atomic mass is 10.2. The summed E-state index contributed by atoms with van der Waals surface area (Å²) >= 11 is 0. The number of nitrogens with zero attached hydrogens (tertiary/aromatic N) is 2. The van der Waals surface area contributed by atoms with Crippen molar-refractivity contribution in [2.75, 3.05) is 19.8 Å². The van der Waals surface area contributed by atoms with Crippen molar-refractivity contribution < 1.29 is 18.6 Å². The van der Waals surface area contributed by atoms with Crippen LogP contribution in [0.3, 0.4) is 0 Å². The SMILES string of the molecule is CCc1nnc(-c2ccc(OCC3OCCO3)cc2)o1. The minimum absolute atomic E-state index is 0.266. The van der Waals surface area contributed by atoms with E-state index in [1.807, 2.05) is 31.2 Å². The van der Waals surface area contributed by atoms with Gasteiger partial charge in [0, 0.05) is 12.0 Å². The topological polar surface area (TPSA) is 66.6 Å². The molecule has 0 saturated carbocycles. The van der Waals surface area contributed by atoms with E-state index in [4.69, 9.17) is 18.6 Å². The Morgan fingerprint density at radius 1 is 1.15 bits per heavy atom. The molecule has 0 amide bonds. The average Bonchev–Trinajstić information content (AvgIpc) is 3.17. The number of aromatic nitrogens is 2. The minimum Gasteiger partial charge on any atom is -0.488 e. The third-order valence-corrected chi connectivity index (χ3v) is 2.95. The molecule has 106 valence electrons. The largest absolute Gasteiger partial charge is 0.488 e. The van der Waals surface area contributed by atoms with Gasteiger partial charge in [0.1, 0.15) is 12.4 Å². The van der Waals surface area contributed by atoms with Gasteiger partial charge in [-0.25, -0.2) is 0 Å². The molecule has 2 aromatic rings. The Kier molecular flexibility index (Phi) is 3.94. The highest BCUT2D eigenvalue weighted by Gasteiger charge is 2.16. The Morgan fingerprint density at radius 2 is 1.90 bits per heavy atom. The number of aryl methyl sites for hydroxylation is 1. The fourth-order valence-electron chi connectivity index (χ4n) is 1.87. The first-order valence-electron chi connectivity index (χ1n) is 6.64. The monoisotopic (exact) mass is 276 g/mol. The van der Waals surface area contributed by atoms with Gasteiger partial charge < -0.3 is 18.6 Å². The van der Waals surface area contributed by atoms with Gasteiger partial charge >= 0.3 is 0 Å². The van der Waals surface area contributed by atoms with Gasteiger partial charge in [-0.3, -0.25) is 0 Å². The van der Waals surface area contributed by atoms with Gasteiger partial charge in [0.2, 0.25) is 11.8 Å². The summed E-state index contributed by atoms with van der Waals surface area (Å²) in [7, 11) is 0. The Bertz CT molecular complexity index is 547. The highest BCUT2D eigenvalue weighted by atomic mass is 16.7. The molecule has 2 heterocycles. The first-order valence-corrected chi connectivity index (χ1v) is 6.64. The predicted molar refractivity (Wildman–Crippen MR) is 70.3 cm³/mol. The van der Waals surface area contributed by atoms with Gasteiger partial charge in [-0.05, 0) is 24.3 Å². The molecule has 20 heavy (non-hydrogen) atoms. The summed E-state index contributed by atoms with van der Waals surface area (Å²) < 4.78 is 21.7. The van der Waals surface area contributed by atoms with Gasteiger partial charge in [0.25, 0.3) is 0 Å². The second-order valence-corrected chi connectivity index (χ2v) is 4.36. The molecule has 6 nitrogen and oxygen atoms in total. The molecule has 1 aliphatic heterocycles. The third-order valence-electron chi connectivity index (χ3n) is 2.95. The number of hydrogen-bond acceptors (Lipinski definition) is 6. The number of ether oxygens (including phenoxy) is 3. The van der Waals surface area contributed by atoms with E-state index in [0.717, 1.165) is 17.7 Å². The van der Waals surface area contributed by atoms with Crippen molar-refractivity contribution in [1.29, 1.82) is 0 Å². The highest BCUT2D eigenvalue weighted by molar-refractivity contribution is 5.53. The van der Waals surface area contributed by atoms with Crippen molar-refractivity contribution in [1.82, 2.24) is 10.2 Å². The second-order valence-electron chi connectivity index (χ2n) is 4.36. The highest BCUT2D eigenvalue weighted by Crippen LogP contribution is 2.21. The van der Waals surface area contributed by atoms with Crippen LogP contribution in [0.1, 0.15) is 12.8 Å². The summed E-state index contributed by atoms with van der Waals surface area (Å²) in [5.74, 6) is 1.91. The maximum atomic E-state index is 5.59. The zero-order valence-electron chi connectivity index (χ0n) is 11.2. The molecule has 6 heteroatoms. The number of benzene rings is 1. The van der Waals surface area contributed by atoms with Gasteiger partial charge in [0.05, 0.1) is 13.2 Å². The zero-order valence-corrected chi connectivity index (χ0v) is 11.2. The lowest BCUT2D eigenvalue weighted by Gasteiger charge is -2.10. The normalized spacial score (nSPS) is 15.7. The van der Waals surface area contributed by atoms with Crippen molar-refractivity contribution in [2.24, 2.45) is 0 Å². The molecule has 0 radical (unpaired) electrons. The van der Waals surface area contributed by atoms with E-state index in [2.05, 4.69) is 10.2 Å². The Hall–Kier alpha value is -1.92. The molecule has 3 rings (SSSR count). The summed E-state index contributed by atoms with van der Waals surface area (Å²) in [5.41, 5.74) is 0.873. The molecule has 0 spiro atoms. The van der Waals surface area contributed by atoms with E-state index < -0.39 is 0 Å². The van der Waals surface area contributed by atoms with Crippen LogP contribution in [-0.4, -0.2) is 36.3 Å². The first-order chi connectivity index (χ1) is 9.85. The van der Waals surface area contributed by atoms with E-state index in [-0.39, 0.29) is 6.29 Å². The van der Waals surface area contributed by atoms with Gasteiger partial charge in [-0.1, -0.05) is 6.92 Å². The maximum Gasteiger partial charge on any atom is 0.247 e. The fraction of sp³-hybridized carbons (Fsp3) is 0.429. The molecule has 0 N–H and O–H groups in total. The molecule has 1 fully saturated rings. The quantitative estimate of drug-likeness (QED) is 0.832. The van der Waals surface area contributed by atoms with Crippen molar-refractivity contribution in [3.63, 3.8) is 0 Å². The van der Waals surface area contributed by atoms with E-state index >= 15 is 0 Å². The summed E-state index contributed by atoms with van der Waals surface area (Å²) in [6, 6.07) is 7.50. The van der Waals surface area contributed by atoms with Crippen molar-refractivity contribution in [3.05, 3.63) is 30.2 Å². The average molecular weight is 276 g/mol. The molecule has 0 aliphatic carbocycles. The van der Waals surface area contributed by atoms with Crippen LogP contribution < -0.4 is 4.74 Å². The molecular weight excluding hydrogens is 260 g/mol. The second kappa shape index (κ2) is 6.02. The van der Waals surface area contributed by atoms with Crippen LogP contribution in [0.15, 0.2) is 28.7 Å². The van der Waals surface area contributed by atoms with Gasteiger partial charge in [-0.15, -0.1) is 10.2 Å². The van der Waals surface area contributed by atoms with E-state index in [0.29, 0.717) is 31.6 Å². The molecule has 0 bridgehead atoms. The van der Waals surface area contributed by atoms with Crippen molar-refractivity contribution >= 4 is 0 Å². The molecule has 1 aliphatic rings. The summed E-state index contributed by atoms with van der Waals surface area (Å²) in [6.07, 6.45) is 0.466. The number of hydrogen-bond donors (Lipinski definition) is 0. The minimum atomic E-state index is -0.266. The Labute approximate surface area is 116 Å². The van der Waals surface area contributed by atoms with Crippen LogP contribution in [0.4, 0.5) is 0 Å². The van der Waals surface area contributed by atoms with Crippen LogP contribution in [0.5, 0.6) is 5.75 Å². The van der Waals surface area contributed by atoms with E-state index in [1.165, 1.54) is 0 Å². The van der Waals surface area contributed by atoms with Crippen molar-refractivity contribution in [3.8, 4) is 17.2 Å². The Balaban J connectivity index is 1.61. The fourth-order valence-corrected chi connectivity index (χ4v) is 1.87. The predicted octanol–water partition coefficient (Wildman–Crippen LogP) is 2.05. The molecular formula is C14H16N2O4. The maximum absolute atomic E-state index is 5.59. The summed E-state index contributed by atoms with van der Waals surface area (Å²) in [4.78, 5) is 0.